The molecule has 0 saturated carbocycles. The van der Waals surface area contributed by atoms with Gasteiger partial charge in [-0.1, -0.05) is 37.2 Å². The van der Waals surface area contributed by atoms with Crippen molar-refractivity contribution in [1.29, 1.82) is 0 Å². The molecular weight excluding hydrogens is 199 g/mol. The maximum absolute atomic E-state index is 5.76. The molecule has 1 atom stereocenters. The fourth-order valence-electron chi connectivity index (χ4n) is 1.64. The van der Waals surface area contributed by atoms with Crippen molar-refractivity contribution in [1.82, 2.24) is 0 Å². The molecule has 0 aromatic heterocycles. The van der Waals surface area contributed by atoms with Gasteiger partial charge in [0.2, 0.25) is 0 Å². The fourth-order valence-corrected chi connectivity index (χ4v) is 1.64. The van der Waals surface area contributed by atoms with Gasteiger partial charge in [0.1, 0.15) is 12.7 Å². The van der Waals surface area contributed by atoms with Crippen LogP contribution in [0.25, 0.3) is 11.7 Å². The summed E-state index contributed by atoms with van der Waals surface area (Å²) in [7, 11) is 2.00. The third-order valence-corrected chi connectivity index (χ3v) is 2.63. The molecule has 0 aliphatic carbocycles. The van der Waals surface area contributed by atoms with Crippen LogP contribution in [0.1, 0.15) is 6.92 Å². The van der Waals surface area contributed by atoms with Crippen molar-refractivity contribution in [2.75, 3.05) is 13.2 Å². The number of benzene rings is 1. The van der Waals surface area contributed by atoms with Gasteiger partial charge in [-0.3, -0.25) is 0 Å². The summed E-state index contributed by atoms with van der Waals surface area (Å²) >= 11 is 0. The highest BCUT2D eigenvalue weighted by Crippen LogP contribution is 2.10. The second kappa shape index (κ2) is 5.22. The van der Waals surface area contributed by atoms with Crippen LogP contribution < -0.4 is 10.4 Å². The average Bonchev–Trinajstić information content (AvgIpc) is 3.14. The van der Waals surface area contributed by atoms with Crippen LogP contribution in [-0.2, 0) is 9.47 Å². The smallest absolute Gasteiger partial charge is 0.198 e. The van der Waals surface area contributed by atoms with Crippen LogP contribution >= 0.6 is 0 Å². The Morgan fingerprint density at radius 3 is 2.94 bits per heavy atom. The van der Waals surface area contributed by atoms with E-state index in [4.69, 9.17) is 9.47 Å². The second-order valence-corrected chi connectivity index (χ2v) is 3.80. The minimum atomic E-state index is 0.299. The first-order valence-electron chi connectivity index (χ1n) is 5.64. The third-order valence-electron chi connectivity index (χ3n) is 2.63. The zero-order valence-corrected chi connectivity index (χ0v) is 9.77. The third kappa shape index (κ3) is 2.67. The van der Waals surface area contributed by atoms with Gasteiger partial charge in [0.25, 0.3) is 0 Å². The number of ether oxygens (including phenoxy) is 2. The minimum absolute atomic E-state index is 0.299. The highest BCUT2D eigenvalue weighted by atomic mass is 16.6. The lowest BCUT2D eigenvalue weighted by molar-refractivity contribution is 0.238. The van der Waals surface area contributed by atoms with Crippen molar-refractivity contribution in [3.63, 3.8) is 0 Å². The van der Waals surface area contributed by atoms with Gasteiger partial charge in [0, 0.05) is 5.22 Å². The molecule has 0 spiro atoms. The molecule has 1 heterocycles. The normalized spacial score (nSPS) is 21.6. The molecular formula is C13H16BO2. The van der Waals surface area contributed by atoms with Crippen LogP contribution in [0, 0.1) is 0 Å². The van der Waals surface area contributed by atoms with Crippen molar-refractivity contribution in [3.8, 4) is 0 Å². The molecule has 1 radical (unpaired) electrons. The molecule has 0 amide bonds. The van der Waals surface area contributed by atoms with Crippen molar-refractivity contribution in [2.45, 2.75) is 19.9 Å². The van der Waals surface area contributed by atoms with Gasteiger partial charge >= 0.3 is 0 Å². The summed E-state index contributed by atoms with van der Waals surface area (Å²) in [5, 5.41) is 2.35. The van der Waals surface area contributed by atoms with E-state index in [0.29, 0.717) is 12.7 Å². The summed E-state index contributed by atoms with van der Waals surface area (Å²) in [5.74, 6) is 0. The standard InChI is InChI=1S/C13H16BO2/c1-3-10-6-4-5-7-12(10)13(14-2)16-9-11-8-15-11/h3-7,11H,8-9H2,1-2H3/b10-3-,13-12+. The molecule has 1 unspecified atom stereocenters. The van der Waals surface area contributed by atoms with Crippen molar-refractivity contribution < 1.29 is 9.47 Å². The molecule has 1 aromatic rings. The average molecular weight is 215 g/mol. The molecule has 16 heavy (non-hydrogen) atoms. The van der Waals surface area contributed by atoms with Crippen LogP contribution in [0.2, 0.25) is 6.82 Å². The van der Waals surface area contributed by atoms with Gasteiger partial charge in [-0.05, 0) is 12.1 Å². The SMILES string of the molecule is C[B]/C(OCC1CO1)=c1/cccc/c1=C/C. The monoisotopic (exact) mass is 215 g/mol. The summed E-state index contributed by atoms with van der Waals surface area (Å²) in [4.78, 5) is 0. The van der Waals surface area contributed by atoms with Crippen molar-refractivity contribution in [2.24, 2.45) is 0 Å². The van der Waals surface area contributed by atoms with E-state index in [0.717, 1.165) is 17.5 Å². The molecule has 2 rings (SSSR count). The maximum Gasteiger partial charge on any atom is 0.198 e. The van der Waals surface area contributed by atoms with Gasteiger partial charge in [0.15, 0.2) is 7.28 Å². The Labute approximate surface area is 96.8 Å². The lowest BCUT2D eigenvalue weighted by Crippen LogP contribution is -2.29. The second-order valence-electron chi connectivity index (χ2n) is 3.80. The topological polar surface area (TPSA) is 21.8 Å². The number of hydrogen-bond acceptors (Lipinski definition) is 2. The maximum atomic E-state index is 5.76. The Kier molecular flexibility index (Phi) is 3.68. The van der Waals surface area contributed by atoms with Gasteiger partial charge in [-0.2, -0.15) is 0 Å². The van der Waals surface area contributed by atoms with E-state index in [1.807, 2.05) is 33.2 Å². The Bertz CT molecular complexity index is 463. The first kappa shape index (κ1) is 11.3. The van der Waals surface area contributed by atoms with Gasteiger partial charge in [0.05, 0.1) is 12.3 Å². The van der Waals surface area contributed by atoms with E-state index in [1.165, 1.54) is 5.22 Å². The van der Waals surface area contributed by atoms with E-state index in [2.05, 4.69) is 18.2 Å². The Balaban J connectivity index is 2.32. The predicted octanol–water partition coefficient (Wildman–Crippen LogP) is 0.720. The van der Waals surface area contributed by atoms with Crippen LogP contribution in [0.5, 0.6) is 0 Å². The zero-order chi connectivity index (χ0) is 11.4. The van der Waals surface area contributed by atoms with Gasteiger partial charge in [-0.15, -0.1) is 0 Å². The molecule has 1 fully saturated rings. The van der Waals surface area contributed by atoms with Crippen LogP contribution in [0.15, 0.2) is 24.3 Å². The Hall–Kier alpha value is -1.22. The van der Waals surface area contributed by atoms with E-state index < -0.39 is 0 Å². The van der Waals surface area contributed by atoms with E-state index in [-0.39, 0.29) is 0 Å². The minimum Gasteiger partial charge on any atom is -0.505 e. The predicted molar refractivity (Wildman–Crippen MR) is 66.5 cm³/mol. The number of hydrogen-bond donors (Lipinski definition) is 0. The quantitative estimate of drug-likeness (QED) is 0.545. The van der Waals surface area contributed by atoms with Crippen molar-refractivity contribution in [3.05, 3.63) is 34.7 Å². The Morgan fingerprint density at radius 1 is 1.56 bits per heavy atom. The molecule has 83 valence electrons. The molecule has 1 saturated heterocycles. The van der Waals surface area contributed by atoms with Crippen LogP contribution in [-0.4, -0.2) is 26.6 Å². The van der Waals surface area contributed by atoms with Crippen molar-refractivity contribution >= 4 is 19.0 Å². The summed E-state index contributed by atoms with van der Waals surface area (Å²) in [6, 6.07) is 8.24. The van der Waals surface area contributed by atoms with E-state index in [1.54, 1.807) is 0 Å². The molecule has 0 bridgehead atoms. The molecule has 2 nitrogen and oxygen atoms in total. The van der Waals surface area contributed by atoms with Gasteiger partial charge in [-0.25, -0.2) is 0 Å². The number of rotatable bonds is 4. The summed E-state index contributed by atoms with van der Waals surface area (Å²) in [6.07, 6.45) is 2.39. The Morgan fingerprint density at radius 2 is 2.31 bits per heavy atom. The molecule has 1 aliphatic rings. The first-order chi connectivity index (χ1) is 7.85. The molecule has 1 aromatic carbocycles. The largest absolute Gasteiger partial charge is 0.505 e. The zero-order valence-electron chi connectivity index (χ0n) is 9.77. The lowest BCUT2D eigenvalue weighted by atomic mass is 9.78. The van der Waals surface area contributed by atoms with E-state index >= 15 is 0 Å². The first-order valence-corrected chi connectivity index (χ1v) is 5.64. The van der Waals surface area contributed by atoms with Gasteiger partial charge < -0.3 is 9.47 Å². The molecule has 1 aliphatic heterocycles. The summed E-state index contributed by atoms with van der Waals surface area (Å²) < 4.78 is 10.9. The number of epoxide rings is 1. The van der Waals surface area contributed by atoms with E-state index in [9.17, 15) is 0 Å². The van der Waals surface area contributed by atoms with Crippen LogP contribution in [0.4, 0.5) is 0 Å². The molecule has 0 N–H and O–H groups in total. The highest BCUT2D eigenvalue weighted by Gasteiger charge is 2.23. The molecule has 3 heteroatoms. The summed E-state index contributed by atoms with van der Waals surface area (Å²) in [5.41, 5.74) is 0.934. The summed E-state index contributed by atoms with van der Waals surface area (Å²) in [6.45, 7) is 5.52. The fraction of sp³-hybridized carbons (Fsp3) is 0.385. The highest BCUT2D eigenvalue weighted by molar-refractivity contribution is 6.55. The van der Waals surface area contributed by atoms with Crippen LogP contribution in [0.3, 0.4) is 0 Å². The lowest BCUT2D eigenvalue weighted by Gasteiger charge is -2.07.